The fourth-order valence-electron chi connectivity index (χ4n) is 6.05. The summed E-state index contributed by atoms with van der Waals surface area (Å²) in [5.41, 5.74) is 5.02. The Morgan fingerprint density at radius 2 is 1.98 bits per heavy atom. The van der Waals surface area contributed by atoms with Gasteiger partial charge in [0.05, 0.1) is 35.1 Å². The SMILES string of the molecule is Cc1noc(C)c1-c1ccc2c(c1)nc([C@@H]1CCC(=O)N1c1cccc(OCCl)c1)n2[C@@H]1CCN(S(C)(=O)=O)C1. The molecule has 6 rings (SSSR count). The lowest BCUT2D eigenvalue weighted by Gasteiger charge is -2.27. The van der Waals surface area contributed by atoms with Crippen LogP contribution in [-0.4, -0.2) is 58.7 Å². The molecule has 12 heteroatoms. The molecule has 2 fully saturated rings. The monoisotopic (exact) mass is 583 g/mol. The first-order chi connectivity index (χ1) is 19.2. The Hall–Kier alpha value is -3.41. The Bertz CT molecular complexity index is 1700. The first-order valence-corrected chi connectivity index (χ1v) is 15.5. The third kappa shape index (κ3) is 4.65. The number of anilines is 1. The third-order valence-corrected chi connectivity index (χ3v) is 9.20. The summed E-state index contributed by atoms with van der Waals surface area (Å²) in [7, 11) is -3.34. The van der Waals surface area contributed by atoms with Crippen molar-refractivity contribution in [1.29, 1.82) is 0 Å². The zero-order valence-corrected chi connectivity index (χ0v) is 24.1. The van der Waals surface area contributed by atoms with Crippen LogP contribution in [0.15, 0.2) is 47.0 Å². The van der Waals surface area contributed by atoms with Gasteiger partial charge in [0, 0.05) is 36.8 Å². The van der Waals surface area contributed by atoms with E-state index in [2.05, 4.69) is 9.72 Å². The van der Waals surface area contributed by atoms with Gasteiger partial charge in [0.1, 0.15) is 17.3 Å². The Morgan fingerprint density at radius 3 is 2.67 bits per heavy atom. The molecule has 0 N–H and O–H groups in total. The summed E-state index contributed by atoms with van der Waals surface area (Å²) < 4.78 is 39.3. The Labute approximate surface area is 237 Å². The second kappa shape index (κ2) is 10.2. The number of aryl methyl sites for hydroxylation is 2. The maximum absolute atomic E-state index is 13.3. The molecule has 0 bridgehead atoms. The van der Waals surface area contributed by atoms with Crippen molar-refractivity contribution in [2.75, 3.05) is 30.3 Å². The van der Waals surface area contributed by atoms with Crippen LogP contribution in [0, 0.1) is 13.8 Å². The predicted molar refractivity (Wildman–Crippen MR) is 152 cm³/mol. The largest absolute Gasteiger partial charge is 0.478 e. The average Bonchev–Trinajstić information content (AvgIpc) is 3.68. The highest BCUT2D eigenvalue weighted by Gasteiger charge is 2.40. The number of nitrogens with zero attached hydrogens (tertiary/aromatic N) is 5. The summed E-state index contributed by atoms with van der Waals surface area (Å²) in [6.07, 6.45) is 2.85. The minimum absolute atomic E-state index is 0.00258. The second-order valence-electron chi connectivity index (χ2n) is 10.4. The maximum Gasteiger partial charge on any atom is 0.227 e. The van der Waals surface area contributed by atoms with Crippen LogP contribution in [0.4, 0.5) is 5.69 Å². The highest BCUT2D eigenvalue weighted by Crippen LogP contribution is 2.42. The van der Waals surface area contributed by atoms with Gasteiger partial charge >= 0.3 is 0 Å². The molecule has 2 saturated heterocycles. The molecule has 2 atom stereocenters. The number of carbonyl (C=O) groups excluding carboxylic acids is 1. The molecule has 0 saturated carbocycles. The summed E-state index contributed by atoms with van der Waals surface area (Å²) in [5.74, 6) is 2.03. The van der Waals surface area contributed by atoms with Crippen LogP contribution in [0.3, 0.4) is 0 Å². The summed E-state index contributed by atoms with van der Waals surface area (Å²) in [5, 5.41) is 4.10. The van der Waals surface area contributed by atoms with E-state index in [1.165, 1.54) is 10.6 Å². The van der Waals surface area contributed by atoms with Crippen molar-refractivity contribution in [3.8, 4) is 16.9 Å². The van der Waals surface area contributed by atoms with E-state index < -0.39 is 10.0 Å². The first kappa shape index (κ1) is 26.8. The number of benzene rings is 2. The molecule has 0 radical (unpaired) electrons. The third-order valence-electron chi connectivity index (χ3n) is 7.83. The quantitative estimate of drug-likeness (QED) is 0.283. The lowest BCUT2D eigenvalue weighted by molar-refractivity contribution is -0.117. The Morgan fingerprint density at radius 1 is 1.15 bits per heavy atom. The van der Waals surface area contributed by atoms with Crippen LogP contribution in [-0.2, 0) is 14.8 Å². The van der Waals surface area contributed by atoms with Crippen LogP contribution in [0.2, 0.25) is 0 Å². The van der Waals surface area contributed by atoms with Crippen molar-refractivity contribution in [3.05, 3.63) is 59.7 Å². The van der Waals surface area contributed by atoms with Gasteiger partial charge in [-0.05, 0) is 56.5 Å². The van der Waals surface area contributed by atoms with Gasteiger partial charge in [0.15, 0.2) is 6.07 Å². The summed E-state index contributed by atoms with van der Waals surface area (Å²) in [4.78, 5) is 20.2. The molecule has 0 unspecified atom stereocenters. The molecule has 4 heterocycles. The number of sulfonamides is 1. The van der Waals surface area contributed by atoms with Gasteiger partial charge in [-0.3, -0.25) is 4.79 Å². The van der Waals surface area contributed by atoms with E-state index in [1.54, 1.807) is 11.0 Å². The van der Waals surface area contributed by atoms with Crippen LogP contribution in [0.5, 0.6) is 5.75 Å². The highest BCUT2D eigenvalue weighted by atomic mass is 35.5. The molecule has 0 spiro atoms. The number of ether oxygens (including phenoxy) is 1. The molecular weight excluding hydrogens is 554 g/mol. The standard InChI is InChI=1S/C28H30ClN5O5S/c1-17-27(18(2)39-31-17)19-7-8-24-23(13-19)30-28(34(24)21-11-12-32(15-21)40(3,36)37)25-9-10-26(35)33(25)20-5-4-6-22(14-20)38-16-29/h4-8,13-14,21,25H,9-12,15-16H2,1-3H3/t21-,25+/m1/s1. The molecule has 210 valence electrons. The number of aromatic nitrogens is 3. The summed E-state index contributed by atoms with van der Waals surface area (Å²) in [6, 6.07) is 12.9. The highest BCUT2D eigenvalue weighted by molar-refractivity contribution is 7.88. The number of hydrogen-bond donors (Lipinski definition) is 0. The van der Waals surface area contributed by atoms with Gasteiger partial charge in [0.25, 0.3) is 0 Å². The number of fused-ring (bicyclic) bond motifs is 1. The second-order valence-corrected chi connectivity index (χ2v) is 12.6. The number of rotatable bonds is 7. The van der Waals surface area contributed by atoms with Crippen molar-refractivity contribution in [3.63, 3.8) is 0 Å². The fourth-order valence-corrected chi connectivity index (χ4v) is 7.05. The van der Waals surface area contributed by atoms with E-state index >= 15 is 0 Å². The average molecular weight is 584 g/mol. The molecule has 40 heavy (non-hydrogen) atoms. The Kier molecular flexibility index (Phi) is 6.84. The molecule has 10 nitrogen and oxygen atoms in total. The van der Waals surface area contributed by atoms with Crippen molar-refractivity contribution >= 4 is 44.3 Å². The van der Waals surface area contributed by atoms with Crippen molar-refractivity contribution in [2.24, 2.45) is 0 Å². The van der Waals surface area contributed by atoms with E-state index in [9.17, 15) is 13.2 Å². The van der Waals surface area contributed by atoms with E-state index in [4.69, 9.17) is 25.8 Å². The first-order valence-electron chi connectivity index (χ1n) is 13.2. The number of carbonyl (C=O) groups is 1. The fraction of sp³-hybridized carbons (Fsp3) is 0.393. The molecule has 2 aliphatic heterocycles. The van der Waals surface area contributed by atoms with E-state index in [1.807, 2.05) is 50.2 Å². The minimum atomic E-state index is -3.34. The van der Waals surface area contributed by atoms with Gasteiger partial charge in [-0.15, -0.1) is 0 Å². The van der Waals surface area contributed by atoms with Gasteiger partial charge in [-0.1, -0.05) is 28.9 Å². The van der Waals surface area contributed by atoms with Crippen LogP contribution >= 0.6 is 11.6 Å². The summed E-state index contributed by atoms with van der Waals surface area (Å²) in [6.45, 7) is 4.57. The number of alkyl halides is 1. The molecular formula is C28H30ClN5O5S. The molecule has 0 aliphatic carbocycles. The number of imidazole rings is 1. The van der Waals surface area contributed by atoms with Crippen molar-refractivity contribution in [1.82, 2.24) is 19.0 Å². The van der Waals surface area contributed by atoms with Crippen LogP contribution in [0.25, 0.3) is 22.2 Å². The smallest absolute Gasteiger partial charge is 0.227 e. The van der Waals surface area contributed by atoms with E-state index in [0.717, 1.165) is 39.4 Å². The summed E-state index contributed by atoms with van der Waals surface area (Å²) >= 11 is 5.78. The van der Waals surface area contributed by atoms with Crippen molar-refractivity contribution in [2.45, 2.75) is 45.2 Å². The maximum atomic E-state index is 13.3. The number of amides is 1. The zero-order chi connectivity index (χ0) is 28.2. The lowest BCUT2D eigenvalue weighted by atomic mass is 10.0. The van der Waals surface area contributed by atoms with E-state index in [0.29, 0.717) is 43.8 Å². The topological polar surface area (TPSA) is 111 Å². The van der Waals surface area contributed by atoms with Crippen molar-refractivity contribution < 1.29 is 22.5 Å². The Balaban J connectivity index is 1.49. The van der Waals surface area contributed by atoms with Gasteiger partial charge in [-0.2, -0.15) is 0 Å². The van der Waals surface area contributed by atoms with Crippen LogP contribution < -0.4 is 9.64 Å². The normalized spacial score (nSPS) is 20.2. The van der Waals surface area contributed by atoms with Gasteiger partial charge in [0.2, 0.25) is 15.9 Å². The molecule has 1 amide bonds. The van der Waals surface area contributed by atoms with Crippen LogP contribution in [0.1, 0.15) is 48.6 Å². The zero-order valence-electron chi connectivity index (χ0n) is 22.5. The number of hydrogen-bond acceptors (Lipinski definition) is 7. The predicted octanol–water partition coefficient (Wildman–Crippen LogP) is 4.96. The molecule has 2 aromatic heterocycles. The number of halogens is 1. The molecule has 2 aliphatic rings. The van der Waals surface area contributed by atoms with Gasteiger partial charge in [-0.25, -0.2) is 17.7 Å². The molecule has 2 aromatic carbocycles. The molecule has 4 aromatic rings. The lowest BCUT2D eigenvalue weighted by Crippen LogP contribution is -2.31. The minimum Gasteiger partial charge on any atom is -0.478 e. The van der Waals surface area contributed by atoms with Gasteiger partial charge < -0.3 is 18.7 Å². The van der Waals surface area contributed by atoms with E-state index in [-0.39, 0.29) is 24.1 Å².